The predicted molar refractivity (Wildman–Crippen MR) is 72.6 cm³/mol. The summed E-state index contributed by atoms with van der Waals surface area (Å²) in [5, 5.41) is 6.22. The summed E-state index contributed by atoms with van der Waals surface area (Å²) in [5.74, 6) is 0.187. The summed E-state index contributed by atoms with van der Waals surface area (Å²) in [6, 6.07) is 0.140. The third-order valence-electron chi connectivity index (χ3n) is 3.24. The Kier molecular flexibility index (Phi) is 4.68. The molecule has 0 aromatic carbocycles. The van der Waals surface area contributed by atoms with Gasteiger partial charge in [-0.1, -0.05) is 0 Å². The number of amides is 1. The van der Waals surface area contributed by atoms with E-state index >= 15 is 0 Å². The Balaban J connectivity index is 1.75. The van der Waals surface area contributed by atoms with Gasteiger partial charge in [-0.25, -0.2) is 4.98 Å². The van der Waals surface area contributed by atoms with Crippen LogP contribution in [0, 0.1) is 0 Å². The van der Waals surface area contributed by atoms with Gasteiger partial charge in [-0.2, -0.15) is 0 Å². The largest absolute Gasteiger partial charge is 0.339 e. The molecule has 1 saturated heterocycles. The molecule has 6 heteroatoms. The first-order valence-electron chi connectivity index (χ1n) is 6.26. The molecule has 0 radical (unpaired) electrons. The van der Waals surface area contributed by atoms with E-state index in [0.29, 0.717) is 6.54 Å². The molecule has 5 nitrogen and oxygen atoms in total. The van der Waals surface area contributed by atoms with Crippen LogP contribution in [0.2, 0.25) is 0 Å². The standard InChI is InChI=1S/C12H20N4OS/c1-10(12-13-3-8-18-12)14-9-11(17)16-6-4-15(2)5-7-16/h3,8,10,14H,4-7,9H2,1-2H3. The number of aromatic nitrogens is 1. The molecule has 1 fully saturated rings. The molecule has 1 aliphatic rings. The van der Waals surface area contributed by atoms with Crippen LogP contribution in [0.3, 0.4) is 0 Å². The smallest absolute Gasteiger partial charge is 0.236 e. The second-order valence-corrected chi connectivity index (χ2v) is 5.58. The minimum Gasteiger partial charge on any atom is -0.339 e. The number of carbonyl (C=O) groups is 1. The van der Waals surface area contributed by atoms with Crippen molar-refractivity contribution >= 4 is 17.2 Å². The topological polar surface area (TPSA) is 48.5 Å². The van der Waals surface area contributed by atoms with Crippen molar-refractivity contribution < 1.29 is 4.79 Å². The second-order valence-electron chi connectivity index (χ2n) is 4.66. The van der Waals surface area contributed by atoms with E-state index in [1.54, 1.807) is 17.5 Å². The van der Waals surface area contributed by atoms with Crippen LogP contribution in [0.1, 0.15) is 18.0 Å². The highest BCUT2D eigenvalue weighted by Gasteiger charge is 2.19. The highest BCUT2D eigenvalue weighted by Crippen LogP contribution is 2.14. The zero-order valence-corrected chi connectivity index (χ0v) is 11.7. The molecule has 0 spiro atoms. The highest BCUT2D eigenvalue weighted by molar-refractivity contribution is 7.09. The molecule has 1 aromatic heterocycles. The Morgan fingerprint density at radius 2 is 2.22 bits per heavy atom. The van der Waals surface area contributed by atoms with Gasteiger partial charge in [0.05, 0.1) is 12.6 Å². The Morgan fingerprint density at radius 1 is 1.50 bits per heavy atom. The van der Waals surface area contributed by atoms with Crippen molar-refractivity contribution in [2.75, 3.05) is 39.8 Å². The van der Waals surface area contributed by atoms with Gasteiger partial charge in [-0.3, -0.25) is 10.1 Å². The summed E-state index contributed by atoms with van der Waals surface area (Å²) in [5.41, 5.74) is 0. The first-order valence-corrected chi connectivity index (χ1v) is 7.14. The summed E-state index contributed by atoms with van der Waals surface area (Å²) < 4.78 is 0. The Morgan fingerprint density at radius 3 is 2.83 bits per heavy atom. The van der Waals surface area contributed by atoms with Crippen LogP contribution < -0.4 is 5.32 Å². The molecular formula is C12H20N4OS. The third-order valence-corrected chi connectivity index (χ3v) is 4.20. The zero-order valence-electron chi connectivity index (χ0n) is 10.9. The molecule has 100 valence electrons. The van der Waals surface area contributed by atoms with E-state index in [-0.39, 0.29) is 11.9 Å². The average molecular weight is 268 g/mol. The van der Waals surface area contributed by atoms with E-state index in [0.717, 1.165) is 31.2 Å². The monoisotopic (exact) mass is 268 g/mol. The van der Waals surface area contributed by atoms with Crippen LogP contribution in [0.15, 0.2) is 11.6 Å². The molecule has 0 bridgehead atoms. The maximum Gasteiger partial charge on any atom is 0.236 e. The van der Waals surface area contributed by atoms with Gasteiger partial charge in [0.25, 0.3) is 0 Å². The van der Waals surface area contributed by atoms with Gasteiger partial charge in [0.2, 0.25) is 5.91 Å². The summed E-state index contributed by atoms with van der Waals surface area (Å²) in [6.07, 6.45) is 1.79. The van der Waals surface area contributed by atoms with Crippen LogP contribution in [0.4, 0.5) is 0 Å². The van der Waals surface area contributed by atoms with Crippen molar-refractivity contribution in [1.82, 2.24) is 20.1 Å². The summed E-state index contributed by atoms with van der Waals surface area (Å²) in [7, 11) is 2.09. The number of hydrogen-bond acceptors (Lipinski definition) is 5. The zero-order chi connectivity index (χ0) is 13.0. The number of rotatable bonds is 4. The minimum absolute atomic E-state index is 0.140. The van der Waals surface area contributed by atoms with E-state index in [4.69, 9.17) is 0 Å². The van der Waals surface area contributed by atoms with Crippen LogP contribution in [-0.2, 0) is 4.79 Å². The fraction of sp³-hybridized carbons (Fsp3) is 0.667. The normalized spacial score (nSPS) is 18.9. The maximum absolute atomic E-state index is 12.0. The number of piperazine rings is 1. The van der Waals surface area contributed by atoms with Gasteiger partial charge in [0, 0.05) is 37.8 Å². The van der Waals surface area contributed by atoms with Crippen LogP contribution in [0.5, 0.6) is 0 Å². The van der Waals surface area contributed by atoms with Crippen LogP contribution >= 0.6 is 11.3 Å². The quantitative estimate of drug-likeness (QED) is 0.867. The number of carbonyl (C=O) groups excluding carboxylic acids is 1. The molecule has 1 aliphatic heterocycles. The number of thiazole rings is 1. The van der Waals surface area contributed by atoms with Gasteiger partial charge in [0.1, 0.15) is 5.01 Å². The average Bonchev–Trinajstić information content (AvgIpc) is 2.90. The molecular weight excluding hydrogens is 248 g/mol. The molecule has 1 atom stereocenters. The Hall–Kier alpha value is -0.980. The second kappa shape index (κ2) is 6.26. The number of hydrogen-bond donors (Lipinski definition) is 1. The summed E-state index contributed by atoms with van der Waals surface area (Å²) in [6.45, 7) is 6.04. The minimum atomic E-state index is 0.140. The lowest BCUT2D eigenvalue weighted by Gasteiger charge is -2.32. The lowest BCUT2D eigenvalue weighted by molar-refractivity contribution is -0.131. The van der Waals surface area contributed by atoms with Gasteiger partial charge < -0.3 is 9.80 Å². The first kappa shape index (κ1) is 13.5. The van der Waals surface area contributed by atoms with Gasteiger partial charge in [-0.15, -0.1) is 11.3 Å². The molecule has 1 unspecified atom stereocenters. The maximum atomic E-state index is 12.0. The van der Waals surface area contributed by atoms with Crippen molar-refractivity contribution in [2.45, 2.75) is 13.0 Å². The number of nitrogens with zero attached hydrogens (tertiary/aromatic N) is 3. The van der Waals surface area contributed by atoms with Gasteiger partial charge >= 0.3 is 0 Å². The van der Waals surface area contributed by atoms with E-state index < -0.39 is 0 Å². The van der Waals surface area contributed by atoms with Crippen molar-refractivity contribution in [3.8, 4) is 0 Å². The SMILES string of the molecule is CC(NCC(=O)N1CCN(C)CC1)c1nccs1. The molecule has 2 heterocycles. The first-order chi connectivity index (χ1) is 8.66. The van der Waals surface area contributed by atoms with Crippen molar-refractivity contribution in [1.29, 1.82) is 0 Å². The molecule has 1 aromatic rings. The van der Waals surface area contributed by atoms with E-state index in [9.17, 15) is 4.79 Å². The van der Waals surface area contributed by atoms with E-state index in [2.05, 4.69) is 22.2 Å². The molecule has 0 saturated carbocycles. The van der Waals surface area contributed by atoms with Crippen molar-refractivity contribution in [3.05, 3.63) is 16.6 Å². The predicted octanol–water partition coefficient (Wildman–Crippen LogP) is 0.568. The third kappa shape index (κ3) is 3.51. The number of likely N-dealkylation sites (N-methyl/N-ethyl adjacent to an activating group) is 1. The van der Waals surface area contributed by atoms with E-state index in [1.807, 2.05) is 17.2 Å². The molecule has 18 heavy (non-hydrogen) atoms. The van der Waals surface area contributed by atoms with Gasteiger partial charge in [0.15, 0.2) is 0 Å². The number of nitrogens with one attached hydrogen (secondary N) is 1. The summed E-state index contributed by atoms with van der Waals surface area (Å²) >= 11 is 1.61. The lowest BCUT2D eigenvalue weighted by Crippen LogP contribution is -2.49. The molecule has 1 amide bonds. The van der Waals surface area contributed by atoms with Crippen LogP contribution in [-0.4, -0.2) is 60.5 Å². The van der Waals surface area contributed by atoms with Crippen molar-refractivity contribution in [2.24, 2.45) is 0 Å². The van der Waals surface area contributed by atoms with E-state index in [1.165, 1.54) is 0 Å². The Labute approximate surface area is 112 Å². The molecule has 2 rings (SSSR count). The lowest BCUT2D eigenvalue weighted by atomic mass is 10.3. The highest BCUT2D eigenvalue weighted by atomic mass is 32.1. The fourth-order valence-electron chi connectivity index (χ4n) is 1.94. The molecule has 1 N–H and O–H groups in total. The van der Waals surface area contributed by atoms with Crippen molar-refractivity contribution in [3.63, 3.8) is 0 Å². The van der Waals surface area contributed by atoms with Crippen LogP contribution in [0.25, 0.3) is 0 Å². The summed E-state index contributed by atoms with van der Waals surface area (Å²) in [4.78, 5) is 20.4. The molecule has 0 aliphatic carbocycles. The van der Waals surface area contributed by atoms with Gasteiger partial charge in [-0.05, 0) is 14.0 Å². The fourth-order valence-corrected chi connectivity index (χ4v) is 2.61. The Bertz CT molecular complexity index is 373.